The molecule has 0 unspecified atom stereocenters. The van der Waals surface area contributed by atoms with Gasteiger partial charge in [-0.2, -0.15) is 5.10 Å². The summed E-state index contributed by atoms with van der Waals surface area (Å²) in [4.78, 5) is 24.2. The highest BCUT2D eigenvalue weighted by Crippen LogP contribution is 2.16. The Morgan fingerprint density at radius 2 is 1.78 bits per heavy atom. The number of hydrogen-bond acceptors (Lipinski definition) is 4. The molecule has 0 bridgehead atoms. The van der Waals surface area contributed by atoms with Gasteiger partial charge in [0.15, 0.2) is 0 Å². The molecule has 1 aromatic heterocycles. The molecule has 3 rings (SSSR count). The fourth-order valence-corrected chi connectivity index (χ4v) is 2.63. The topological polar surface area (TPSA) is 73.2 Å². The summed E-state index contributed by atoms with van der Waals surface area (Å²) in [7, 11) is 1.59. The van der Waals surface area contributed by atoms with E-state index in [-0.39, 0.29) is 11.5 Å². The fraction of sp³-hybridized carbons (Fsp3) is 0.190. The summed E-state index contributed by atoms with van der Waals surface area (Å²) >= 11 is 0. The first-order chi connectivity index (χ1) is 13.2. The van der Waals surface area contributed by atoms with Crippen molar-refractivity contribution in [1.29, 1.82) is 0 Å². The van der Waals surface area contributed by atoms with Crippen LogP contribution >= 0.6 is 0 Å². The molecule has 6 nitrogen and oxygen atoms in total. The molecular weight excluding hydrogens is 342 g/mol. The minimum absolute atomic E-state index is 0.152. The molecular formula is C21H21N3O3. The van der Waals surface area contributed by atoms with Crippen LogP contribution in [0.2, 0.25) is 0 Å². The van der Waals surface area contributed by atoms with Gasteiger partial charge in [0.05, 0.1) is 18.8 Å². The Balaban J connectivity index is 1.77. The van der Waals surface area contributed by atoms with Gasteiger partial charge in [-0.3, -0.25) is 9.59 Å². The summed E-state index contributed by atoms with van der Waals surface area (Å²) in [6.07, 6.45) is 0. The summed E-state index contributed by atoms with van der Waals surface area (Å²) in [5.74, 6) is -0.152. The Hall–Kier alpha value is -3.25. The van der Waals surface area contributed by atoms with E-state index >= 15 is 0 Å². The minimum Gasteiger partial charge on any atom is -0.383 e. The summed E-state index contributed by atoms with van der Waals surface area (Å²) < 4.78 is 6.36. The Labute approximate surface area is 157 Å². The summed E-state index contributed by atoms with van der Waals surface area (Å²) in [5, 5.41) is 7.24. The van der Waals surface area contributed by atoms with Crippen molar-refractivity contribution in [3.63, 3.8) is 0 Å². The van der Waals surface area contributed by atoms with E-state index in [1.165, 1.54) is 10.7 Å². The molecule has 0 saturated carbocycles. The zero-order chi connectivity index (χ0) is 19.1. The van der Waals surface area contributed by atoms with E-state index in [4.69, 9.17) is 4.74 Å². The van der Waals surface area contributed by atoms with Crippen molar-refractivity contribution in [1.82, 2.24) is 15.1 Å². The van der Waals surface area contributed by atoms with Crippen molar-refractivity contribution < 1.29 is 9.53 Å². The van der Waals surface area contributed by atoms with Crippen molar-refractivity contribution in [2.45, 2.75) is 6.54 Å². The number of ether oxygens (including phenoxy) is 1. The van der Waals surface area contributed by atoms with Crippen LogP contribution in [0.1, 0.15) is 15.9 Å². The maximum Gasteiger partial charge on any atom is 0.267 e. The maximum absolute atomic E-state index is 12.1. The molecule has 0 radical (unpaired) electrons. The zero-order valence-electron chi connectivity index (χ0n) is 15.1. The van der Waals surface area contributed by atoms with Crippen molar-refractivity contribution >= 4 is 5.91 Å². The first-order valence-electron chi connectivity index (χ1n) is 8.67. The highest BCUT2D eigenvalue weighted by atomic mass is 16.5. The highest BCUT2D eigenvalue weighted by Gasteiger charge is 2.08. The van der Waals surface area contributed by atoms with Crippen LogP contribution in [0, 0.1) is 0 Å². The van der Waals surface area contributed by atoms with E-state index in [9.17, 15) is 9.59 Å². The SMILES string of the molecule is COCCNC(=O)c1ccc(-c2ccc(=O)n(Cc3ccccc3)n2)cc1. The lowest BCUT2D eigenvalue weighted by Gasteiger charge is -2.08. The molecule has 1 heterocycles. The molecule has 0 saturated heterocycles. The maximum atomic E-state index is 12.1. The van der Waals surface area contributed by atoms with Crippen LogP contribution in [0.5, 0.6) is 0 Å². The van der Waals surface area contributed by atoms with Gasteiger partial charge in [0.25, 0.3) is 11.5 Å². The summed E-state index contributed by atoms with van der Waals surface area (Å²) in [6, 6.07) is 20.0. The third kappa shape index (κ3) is 4.89. The zero-order valence-corrected chi connectivity index (χ0v) is 15.1. The number of rotatable bonds is 7. The lowest BCUT2D eigenvalue weighted by molar-refractivity contribution is 0.0937. The van der Waals surface area contributed by atoms with Gasteiger partial charge in [0.1, 0.15) is 0 Å². The number of benzene rings is 2. The first kappa shape index (κ1) is 18.5. The number of aromatic nitrogens is 2. The first-order valence-corrected chi connectivity index (χ1v) is 8.67. The van der Waals surface area contributed by atoms with Gasteiger partial charge in [0.2, 0.25) is 0 Å². The normalized spacial score (nSPS) is 10.6. The molecule has 3 aromatic rings. The molecule has 0 aliphatic heterocycles. The second kappa shape index (κ2) is 8.91. The molecule has 138 valence electrons. The van der Waals surface area contributed by atoms with Crippen LogP contribution in [0.4, 0.5) is 0 Å². The molecule has 6 heteroatoms. The van der Waals surface area contributed by atoms with Crippen molar-refractivity contribution in [3.05, 3.63) is 88.2 Å². The van der Waals surface area contributed by atoms with E-state index in [0.29, 0.717) is 31.0 Å². The standard InChI is InChI=1S/C21H21N3O3/c1-27-14-13-22-21(26)18-9-7-17(8-10-18)19-11-12-20(25)24(23-19)15-16-5-3-2-4-6-16/h2-12H,13-15H2,1H3,(H,22,26). The molecule has 2 aromatic carbocycles. The lowest BCUT2D eigenvalue weighted by Crippen LogP contribution is -2.26. The molecule has 1 amide bonds. The van der Waals surface area contributed by atoms with Crippen molar-refractivity contribution in [3.8, 4) is 11.3 Å². The molecule has 0 aliphatic carbocycles. The third-order valence-corrected chi connectivity index (χ3v) is 4.08. The lowest BCUT2D eigenvalue weighted by atomic mass is 10.1. The van der Waals surface area contributed by atoms with Gasteiger partial charge in [-0.1, -0.05) is 42.5 Å². The van der Waals surface area contributed by atoms with Gasteiger partial charge in [0, 0.05) is 30.8 Å². The molecule has 27 heavy (non-hydrogen) atoms. The number of amides is 1. The average Bonchev–Trinajstić information content (AvgIpc) is 2.71. The van der Waals surface area contributed by atoms with Crippen LogP contribution < -0.4 is 10.9 Å². The Kier molecular flexibility index (Phi) is 6.12. The monoisotopic (exact) mass is 363 g/mol. The van der Waals surface area contributed by atoms with Crippen LogP contribution in [0.15, 0.2) is 71.5 Å². The van der Waals surface area contributed by atoms with Crippen LogP contribution in [0.3, 0.4) is 0 Å². The smallest absolute Gasteiger partial charge is 0.267 e. The number of methoxy groups -OCH3 is 1. The van der Waals surface area contributed by atoms with Crippen LogP contribution in [0.25, 0.3) is 11.3 Å². The number of carbonyl (C=O) groups is 1. The fourth-order valence-electron chi connectivity index (χ4n) is 2.63. The van der Waals surface area contributed by atoms with Crippen molar-refractivity contribution in [2.75, 3.05) is 20.3 Å². The molecule has 0 spiro atoms. The third-order valence-electron chi connectivity index (χ3n) is 4.08. The van der Waals surface area contributed by atoms with Gasteiger partial charge in [-0.15, -0.1) is 0 Å². The van der Waals surface area contributed by atoms with Gasteiger partial charge >= 0.3 is 0 Å². The van der Waals surface area contributed by atoms with Gasteiger partial charge in [-0.05, 0) is 23.8 Å². The Morgan fingerprint density at radius 3 is 2.48 bits per heavy atom. The Morgan fingerprint density at radius 1 is 1.04 bits per heavy atom. The summed E-state index contributed by atoms with van der Waals surface area (Å²) in [6.45, 7) is 1.34. The van der Waals surface area contributed by atoms with E-state index in [1.807, 2.05) is 42.5 Å². The number of carbonyl (C=O) groups excluding carboxylic acids is 1. The van der Waals surface area contributed by atoms with Crippen LogP contribution in [-0.2, 0) is 11.3 Å². The number of nitrogens with one attached hydrogen (secondary N) is 1. The van der Waals surface area contributed by atoms with Crippen LogP contribution in [-0.4, -0.2) is 35.9 Å². The van der Waals surface area contributed by atoms with E-state index in [2.05, 4.69) is 10.4 Å². The van der Waals surface area contributed by atoms with Crippen molar-refractivity contribution in [2.24, 2.45) is 0 Å². The number of hydrogen-bond donors (Lipinski definition) is 1. The second-order valence-corrected chi connectivity index (χ2v) is 6.03. The van der Waals surface area contributed by atoms with E-state index < -0.39 is 0 Å². The summed E-state index contributed by atoms with van der Waals surface area (Å²) in [5.41, 5.74) is 2.93. The minimum atomic E-state index is -0.156. The van der Waals surface area contributed by atoms with Gasteiger partial charge < -0.3 is 10.1 Å². The predicted molar refractivity (Wildman–Crippen MR) is 104 cm³/mol. The molecule has 0 aliphatic rings. The molecule has 0 atom stereocenters. The average molecular weight is 363 g/mol. The van der Waals surface area contributed by atoms with E-state index in [0.717, 1.165) is 11.1 Å². The molecule has 1 N–H and O–H groups in total. The Bertz CT molecular complexity index is 950. The van der Waals surface area contributed by atoms with E-state index in [1.54, 1.807) is 25.3 Å². The quantitative estimate of drug-likeness (QED) is 0.654. The number of nitrogens with zero attached hydrogens (tertiary/aromatic N) is 2. The molecule has 0 fully saturated rings. The second-order valence-electron chi connectivity index (χ2n) is 6.03. The predicted octanol–water partition coefficient (Wildman–Crippen LogP) is 2.33. The highest BCUT2D eigenvalue weighted by molar-refractivity contribution is 5.94. The largest absolute Gasteiger partial charge is 0.383 e. The van der Waals surface area contributed by atoms with Gasteiger partial charge in [-0.25, -0.2) is 4.68 Å².